The molecular formula is C10H19NO5. The van der Waals surface area contributed by atoms with Gasteiger partial charge in [-0.15, -0.1) is 0 Å². The Morgan fingerprint density at radius 1 is 1.38 bits per heavy atom. The van der Waals surface area contributed by atoms with Gasteiger partial charge >= 0.3 is 5.97 Å². The minimum absolute atomic E-state index is 0.114. The lowest BCUT2D eigenvalue weighted by Gasteiger charge is -2.27. The van der Waals surface area contributed by atoms with Crippen LogP contribution in [0.4, 0.5) is 0 Å². The van der Waals surface area contributed by atoms with Crippen LogP contribution in [0.15, 0.2) is 0 Å². The maximum Gasteiger partial charge on any atom is 0.306 e. The second-order valence-corrected chi connectivity index (χ2v) is 4.24. The summed E-state index contributed by atoms with van der Waals surface area (Å²) in [6.45, 7) is 0.237. The van der Waals surface area contributed by atoms with Crippen LogP contribution in [0, 0.1) is 5.92 Å². The zero-order chi connectivity index (χ0) is 12.0. The Balaban J connectivity index is 2.14. The second-order valence-electron chi connectivity index (χ2n) is 4.24. The van der Waals surface area contributed by atoms with E-state index in [1.54, 1.807) is 0 Å². The number of hydrogen-bond acceptors (Lipinski definition) is 5. The zero-order valence-corrected chi connectivity index (χ0v) is 9.13. The van der Waals surface area contributed by atoms with E-state index in [1.807, 2.05) is 0 Å². The van der Waals surface area contributed by atoms with E-state index in [1.165, 1.54) is 0 Å². The number of rotatable bonds is 6. The summed E-state index contributed by atoms with van der Waals surface area (Å²) in [5.74, 6) is -0.934. The lowest BCUT2D eigenvalue weighted by atomic mass is 9.86. The van der Waals surface area contributed by atoms with Gasteiger partial charge in [0.1, 0.15) is 6.61 Å². The average molecular weight is 233 g/mol. The molecule has 0 saturated heterocycles. The maximum atomic E-state index is 10.7. The van der Waals surface area contributed by atoms with Gasteiger partial charge in [-0.2, -0.15) is 0 Å². The number of carboxylic acids is 1. The van der Waals surface area contributed by atoms with Crippen LogP contribution in [0.5, 0.6) is 0 Å². The third-order valence-electron chi connectivity index (χ3n) is 2.99. The van der Waals surface area contributed by atoms with Crippen molar-refractivity contribution >= 4 is 5.97 Å². The van der Waals surface area contributed by atoms with Crippen molar-refractivity contribution in [3.05, 3.63) is 0 Å². The number of aliphatic carboxylic acids is 1. The summed E-state index contributed by atoms with van der Waals surface area (Å²) in [7, 11) is 0. The molecule has 0 heterocycles. The fourth-order valence-corrected chi connectivity index (χ4v) is 1.99. The molecule has 0 radical (unpaired) electrons. The smallest absolute Gasteiger partial charge is 0.306 e. The Bertz CT molecular complexity index is 215. The van der Waals surface area contributed by atoms with Gasteiger partial charge in [0.15, 0.2) is 0 Å². The van der Waals surface area contributed by atoms with Gasteiger partial charge in [-0.1, -0.05) is 0 Å². The van der Waals surface area contributed by atoms with Crippen LogP contribution in [0.1, 0.15) is 25.7 Å². The zero-order valence-electron chi connectivity index (χ0n) is 9.13. The number of aliphatic hydroxyl groups excluding tert-OH is 1. The molecule has 94 valence electrons. The molecule has 6 heteroatoms. The summed E-state index contributed by atoms with van der Waals surface area (Å²) in [5, 5.41) is 29.3. The molecule has 1 atom stereocenters. The monoisotopic (exact) mass is 233 g/mol. The first-order chi connectivity index (χ1) is 7.63. The highest BCUT2D eigenvalue weighted by molar-refractivity contribution is 5.70. The molecule has 0 amide bonds. The number of aliphatic hydroxyl groups is 1. The fraction of sp³-hybridized carbons (Fsp3) is 0.900. The Morgan fingerprint density at radius 3 is 2.50 bits per heavy atom. The molecule has 1 saturated carbocycles. The standard InChI is InChI=1S/C10H19NO5/c12-9(6-16-15)5-11-8-3-1-7(2-4-8)10(13)14/h7-9,11-12,15H,1-6H2,(H,13,14). The van der Waals surface area contributed by atoms with E-state index in [0.29, 0.717) is 19.4 Å². The predicted octanol–water partition coefficient (Wildman–Crippen LogP) is 0.0699. The third-order valence-corrected chi connectivity index (χ3v) is 2.99. The van der Waals surface area contributed by atoms with E-state index in [9.17, 15) is 9.90 Å². The van der Waals surface area contributed by atoms with E-state index in [4.69, 9.17) is 10.4 Å². The summed E-state index contributed by atoms with van der Waals surface area (Å²) >= 11 is 0. The lowest BCUT2D eigenvalue weighted by molar-refractivity contribution is -0.256. The minimum Gasteiger partial charge on any atom is -0.481 e. The highest BCUT2D eigenvalue weighted by Gasteiger charge is 2.25. The van der Waals surface area contributed by atoms with Gasteiger partial charge in [0.05, 0.1) is 12.0 Å². The molecule has 1 aliphatic carbocycles. The molecular weight excluding hydrogens is 214 g/mol. The van der Waals surface area contributed by atoms with Crippen LogP contribution >= 0.6 is 0 Å². The Hall–Kier alpha value is -0.690. The van der Waals surface area contributed by atoms with Gasteiger partial charge in [0.2, 0.25) is 0 Å². The van der Waals surface area contributed by atoms with Crippen molar-refractivity contribution in [2.45, 2.75) is 37.8 Å². The van der Waals surface area contributed by atoms with Crippen molar-refractivity contribution in [2.75, 3.05) is 13.2 Å². The summed E-state index contributed by atoms with van der Waals surface area (Å²) in [5.41, 5.74) is 0. The minimum atomic E-state index is -0.734. The van der Waals surface area contributed by atoms with Crippen molar-refractivity contribution in [1.29, 1.82) is 0 Å². The summed E-state index contributed by atoms with van der Waals surface area (Å²) in [6, 6.07) is 0.254. The lowest BCUT2D eigenvalue weighted by Crippen LogP contribution is -2.40. The Labute approximate surface area is 94.2 Å². The first-order valence-corrected chi connectivity index (χ1v) is 5.54. The average Bonchev–Trinajstić information content (AvgIpc) is 2.27. The molecule has 0 aromatic heterocycles. The first kappa shape index (κ1) is 13.4. The number of carbonyl (C=O) groups is 1. The van der Waals surface area contributed by atoms with Crippen LogP contribution in [-0.4, -0.2) is 46.7 Å². The highest BCUT2D eigenvalue weighted by atomic mass is 17.1. The SMILES string of the molecule is O=C(O)C1CCC(NCC(O)COO)CC1. The molecule has 1 aliphatic rings. The van der Waals surface area contributed by atoms with E-state index in [-0.39, 0.29) is 18.6 Å². The van der Waals surface area contributed by atoms with Crippen LogP contribution in [0.3, 0.4) is 0 Å². The molecule has 16 heavy (non-hydrogen) atoms. The molecule has 0 aromatic carbocycles. The predicted molar refractivity (Wildman–Crippen MR) is 56.0 cm³/mol. The van der Waals surface area contributed by atoms with Crippen molar-refractivity contribution in [3.63, 3.8) is 0 Å². The quantitative estimate of drug-likeness (QED) is 0.383. The van der Waals surface area contributed by atoms with Crippen LogP contribution in [0.2, 0.25) is 0 Å². The number of nitrogens with one attached hydrogen (secondary N) is 1. The molecule has 0 aromatic rings. The van der Waals surface area contributed by atoms with Crippen LogP contribution in [0.25, 0.3) is 0 Å². The molecule has 1 rings (SSSR count). The van der Waals surface area contributed by atoms with Gasteiger partial charge in [-0.25, -0.2) is 4.89 Å². The molecule has 1 unspecified atom stereocenters. The molecule has 1 fully saturated rings. The first-order valence-electron chi connectivity index (χ1n) is 5.54. The van der Waals surface area contributed by atoms with E-state index in [2.05, 4.69) is 10.2 Å². The fourth-order valence-electron chi connectivity index (χ4n) is 1.99. The van der Waals surface area contributed by atoms with Gasteiger partial charge in [-0.3, -0.25) is 10.1 Å². The number of hydrogen-bond donors (Lipinski definition) is 4. The topological polar surface area (TPSA) is 99.0 Å². The third kappa shape index (κ3) is 4.44. The number of carboxylic acid groups (broad SMARTS) is 1. The normalized spacial score (nSPS) is 27.6. The van der Waals surface area contributed by atoms with E-state index < -0.39 is 12.1 Å². The van der Waals surface area contributed by atoms with Crippen molar-refractivity contribution in [2.24, 2.45) is 5.92 Å². The van der Waals surface area contributed by atoms with E-state index in [0.717, 1.165) is 12.8 Å². The Kier molecular flexibility index (Phi) is 5.68. The van der Waals surface area contributed by atoms with Crippen molar-refractivity contribution < 1.29 is 25.2 Å². The molecule has 4 N–H and O–H groups in total. The summed E-state index contributed by atoms with van der Waals surface area (Å²) < 4.78 is 0. The molecule has 0 bridgehead atoms. The van der Waals surface area contributed by atoms with Gasteiger partial charge in [-0.05, 0) is 25.7 Å². The molecule has 0 aliphatic heterocycles. The molecule has 6 nitrogen and oxygen atoms in total. The Morgan fingerprint density at radius 2 is 2.00 bits per heavy atom. The van der Waals surface area contributed by atoms with Crippen molar-refractivity contribution in [3.8, 4) is 0 Å². The van der Waals surface area contributed by atoms with Crippen LogP contribution in [-0.2, 0) is 9.68 Å². The van der Waals surface area contributed by atoms with Crippen molar-refractivity contribution in [1.82, 2.24) is 5.32 Å². The van der Waals surface area contributed by atoms with Gasteiger partial charge in [0, 0.05) is 12.6 Å². The van der Waals surface area contributed by atoms with Gasteiger partial charge < -0.3 is 15.5 Å². The summed E-state index contributed by atoms with van der Waals surface area (Å²) in [6.07, 6.45) is 2.24. The second kappa shape index (κ2) is 6.80. The molecule has 0 spiro atoms. The summed E-state index contributed by atoms with van der Waals surface area (Å²) in [4.78, 5) is 14.5. The maximum absolute atomic E-state index is 10.7. The van der Waals surface area contributed by atoms with Crippen LogP contribution < -0.4 is 5.32 Å². The van der Waals surface area contributed by atoms with E-state index >= 15 is 0 Å². The highest BCUT2D eigenvalue weighted by Crippen LogP contribution is 2.24. The largest absolute Gasteiger partial charge is 0.481 e. The van der Waals surface area contributed by atoms with Gasteiger partial charge in [0.25, 0.3) is 0 Å².